The highest BCUT2D eigenvalue weighted by Gasteiger charge is 2.15. The standard InChI is InChI=1S/C24H22N2O3/c1-16-8-9-17(2)22(12-16)29-23-14-25-26-24(23)20-11-10-19(13-21(20)27)28-15-18-6-4-3-5-7-18/h3-14,27H,15H2,1-2H3,(H,25,26). The van der Waals surface area contributed by atoms with Gasteiger partial charge < -0.3 is 14.6 Å². The highest BCUT2D eigenvalue weighted by molar-refractivity contribution is 5.73. The van der Waals surface area contributed by atoms with E-state index in [1.165, 1.54) is 0 Å². The molecular formula is C24H22N2O3. The molecule has 0 saturated carbocycles. The highest BCUT2D eigenvalue weighted by atomic mass is 16.5. The zero-order valence-corrected chi connectivity index (χ0v) is 16.3. The molecule has 2 N–H and O–H groups in total. The average molecular weight is 386 g/mol. The van der Waals surface area contributed by atoms with Gasteiger partial charge in [-0.3, -0.25) is 5.10 Å². The molecule has 0 saturated heterocycles. The van der Waals surface area contributed by atoms with E-state index in [0.29, 0.717) is 29.4 Å². The SMILES string of the molecule is Cc1ccc(C)c(Oc2cn[nH]c2-c2ccc(OCc3ccccc3)cc2O)c1. The van der Waals surface area contributed by atoms with Gasteiger partial charge in [0.25, 0.3) is 0 Å². The molecule has 5 heteroatoms. The summed E-state index contributed by atoms with van der Waals surface area (Å²) in [6.07, 6.45) is 1.61. The van der Waals surface area contributed by atoms with Crippen molar-refractivity contribution in [2.75, 3.05) is 0 Å². The van der Waals surface area contributed by atoms with Gasteiger partial charge in [0.1, 0.15) is 29.5 Å². The Hall–Kier alpha value is -3.73. The Labute approximate surface area is 169 Å². The first-order valence-electron chi connectivity index (χ1n) is 9.39. The molecule has 0 amide bonds. The van der Waals surface area contributed by atoms with Crippen LogP contribution < -0.4 is 9.47 Å². The lowest BCUT2D eigenvalue weighted by molar-refractivity contribution is 0.304. The molecule has 0 aliphatic carbocycles. The lowest BCUT2D eigenvalue weighted by atomic mass is 10.1. The molecule has 0 fully saturated rings. The predicted octanol–water partition coefficient (Wildman–Crippen LogP) is 5.77. The summed E-state index contributed by atoms with van der Waals surface area (Å²) in [6.45, 7) is 4.44. The number of benzene rings is 3. The maximum absolute atomic E-state index is 10.6. The summed E-state index contributed by atoms with van der Waals surface area (Å²) in [5.41, 5.74) is 4.40. The van der Waals surface area contributed by atoms with Gasteiger partial charge in [-0.2, -0.15) is 5.10 Å². The number of nitrogens with one attached hydrogen (secondary N) is 1. The van der Waals surface area contributed by atoms with Crippen LogP contribution in [0.1, 0.15) is 16.7 Å². The van der Waals surface area contributed by atoms with Crippen molar-refractivity contribution in [2.45, 2.75) is 20.5 Å². The summed E-state index contributed by atoms with van der Waals surface area (Å²) in [6, 6.07) is 21.1. The smallest absolute Gasteiger partial charge is 0.173 e. The van der Waals surface area contributed by atoms with Crippen LogP contribution in [0.15, 0.2) is 72.9 Å². The summed E-state index contributed by atoms with van der Waals surface area (Å²) < 4.78 is 11.9. The maximum Gasteiger partial charge on any atom is 0.173 e. The molecule has 0 radical (unpaired) electrons. The Bertz CT molecular complexity index is 1120. The van der Waals surface area contributed by atoms with Crippen molar-refractivity contribution in [3.05, 3.63) is 89.6 Å². The van der Waals surface area contributed by atoms with Gasteiger partial charge in [-0.1, -0.05) is 42.5 Å². The number of aryl methyl sites for hydroxylation is 2. The van der Waals surface area contributed by atoms with Gasteiger partial charge in [-0.15, -0.1) is 0 Å². The molecule has 0 aliphatic heterocycles. The number of phenols is 1. The number of hydrogen-bond acceptors (Lipinski definition) is 4. The molecule has 3 aromatic carbocycles. The molecular weight excluding hydrogens is 364 g/mol. The average Bonchev–Trinajstić information content (AvgIpc) is 3.18. The first-order valence-corrected chi connectivity index (χ1v) is 9.39. The maximum atomic E-state index is 10.6. The Morgan fingerprint density at radius 1 is 0.931 bits per heavy atom. The van der Waals surface area contributed by atoms with Gasteiger partial charge in [0.15, 0.2) is 5.75 Å². The lowest BCUT2D eigenvalue weighted by Gasteiger charge is -2.12. The normalized spacial score (nSPS) is 10.7. The van der Waals surface area contributed by atoms with Crippen molar-refractivity contribution in [1.82, 2.24) is 10.2 Å². The van der Waals surface area contributed by atoms with Crippen LogP contribution in [0.4, 0.5) is 0 Å². The molecule has 0 unspecified atom stereocenters. The predicted molar refractivity (Wildman–Crippen MR) is 112 cm³/mol. The van der Waals surface area contributed by atoms with Crippen molar-refractivity contribution in [3.63, 3.8) is 0 Å². The molecule has 0 spiro atoms. The minimum atomic E-state index is 0.0885. The van der Waals surface area contributed by atoms with Crippen molar-refractivity contribution in [2.24, 2.45) is 0 Å². The highest BCUT2D eigenvalue weighted by Crippen LogP contribution is 2.38. The lowest BCUT2D eigenvalue weighted by Crippen LogP contribution is -1.95. The second-order valence-corrected chi connectivity index (χ2v) is 6.93. The van der Waals surface area contributed by atoms with E-state index in [2.05, 4.69) is 10.2 Å². The van der Waals surface area contributed by atoms with Crippen LogP contribution in [-0.2, 0) is 6.61 Å². The Morgan fingerprint density at radius 2 is 1.76 bits per heavy atom. The van der Waals surface area contributed by atoms with Crippen LogP contribution in [0.5, 0.6) is 23.0 Å². The molecule has 5 nitrogen and oxygen atoms in total. The first-order chi connectivity index (χ1) is 14.1. The molecule has 0 aliphatic rings. The number of aromatic hydroxyl groups is 1. The van der Waals surface area contributed by atoms with Gasteiger partial charge >= 0.3 is 0 Å². The fourth-order valence-corrected chi connectivity index (χ4v) is 3.03. The third-order valence-corrected chi connectivity index (χ3v) is 4.65. The van der Waals surface area contributed by atoms with E-state index in [4.69, 9.17) is 9.47 Å². The Morgan fingerprint density at radius 3 is 2.55 bits per heavy atom. The quantitative estimate of drug-likeness (QED) is 0.441. The summed E-state index contributed by atoms with van der Waals surface area (Å²) in [7, 11) is 0. The second-order valence-electron chi connectivity index (χ2n) is 6.93. The minimum absolute atomic E-state index is 0.0885. The summed E-state index contributed by atoms with van der Waals surface area (Å²) in [5.74, 6) is 1.99. The number of hydrogen-bond donors (Lipinski definition) is 2. The zero-order chi connectivity index (χ0) is 20.2. The van der Waals surface area contributed by atoms with Gasteiger partial charge in [0.2, 0.25) is 0 Å². The molecule has 4 rings (SSSR count). The number of aromatic amines is 1. The number of rotatable bonds is 6. The number of aromatic nitrogens is 2. The summed E-state index contributed by atoms with van der Waals surface area (Å²) >= 11 is 0. The van der Waals surface area contributed by atoms with Crippen LogP contribution in [0.2, 0.25) is 0 Å². The summed E-state index contributed by atoms with van der Waals surface area (Å²) in [4.78, 5) is 0. The minimum Gasteiger partial charge on any atom is -0.507 e. The largest absolute Gasteiger partial charge is 0.507 e. The fourth-order valence-electron chi connectivity index (χ4n) is 3.03. The fraction of sp³-hybridized carbons (Fsp3) is 0.125. The van der Waals surface area contributed by atoms with E-state index in [1.807, 2.05) is 68.4 Å². The zero-order valence-electron chi connectivity index (χ0n) is 16.3. The molecule has 1 heterocycles. The van der Waals surface area contributed by atoms with Crippen LogP contribution in [0.25, 0.3) is 11.3 Å². The number of H-pyrrole nitrogens is 1. The van der Waals surface area contributed by atoms with E-state index < -0.39 is 0 Å². The van der Waals surface area contributed by atoms with E-state index in [0.717, 1.165) is 22.4 Å². The van der Waals surface area contributed by atoms with E-state index >= 15 is 0 Å². The molecule has 1 aromatic heterocycles. The second kappa shape index (κ2) is 8.10. The van der Waals surface area contributed by atoms with Crippen molar-refractivity contribution in [3.8, 4) is 34.3 Å². The molecule has 146 valence electrons. The van der Waals surface area contributed by atoms with Crippen LogP contribution in [0, 0.1) is 13.8 Å². The van der Waals surface area contributed by atoms with Crippen LogP contribution >= 0.6 is 0 Å². The van der Waals surface area contributed by atoms with Crippen molar-refractivity contribution in [1.29, 1.82) is 0 Å². The van der Waals surface area contributed by atoms with Crippen molar-refractivity contribution < 1.29 is 14.6 Å². The first kappa shape index (κ1) is 18.6. The third-order valence-electron chi connectivity index (χ3n) is 4.65. The van der Waals surface area contributed by atoms with Crippen LogP contribution in [-0.4, -0.2) is 15.3 Å². The molecule has 0 atom stereocenters. The Balaban J connectivity index is 1.55. The van der Waals surface area contributed by atoms with E-state index in [9.17, 15) is 5.11 Å². The third kappa shape index (κ3) is 4.24. The van der Waals surface area contributed by atoms with E-state index in [-0.39, 0.29) is 5.75 Å². The molecule has 0 bridgehead atoms. The number of ether oxygens (including phenoxy) is 2. The topological polar surface area (TPSA) is 67.4 Å². The van der Waals surface area contributed by atoms with Gasteiger partial charge in [-0.05, 0) is 48.7 Å². The van der Waals surface area contributed by atoms with E-state index in [1.54, 1.807) is 18.3 Å². The Kier molecular flexibility index (Phi) is 5.20. The monoisotopic (exact) mass is 386 g/mol. The molecule has 29 heavy (non-hydrogen) atoms. The van der Waals surface area contributed by atoms with Crippen LogP contribution in [0.3, 0.4) is 0 Å². The van der Waals surface area contributed by atoms with Gasteiger partial charge in [-0.25, -0.2) is 0 Å². The number of nitrogens with zero attached hydrogens (tertiary/aromatic N) is 1. The van der Waals surface area contributed by atoms with Gasteiger partial charge in [0, 0.05) is 11.6 Å². The number of phenolic OH excluding ortho intramolecular Hbond substituents is 1. The van der Waals surface area contributed by atoms with Gasteiger partial charge in [0.05, 0.1) is 6.20 Å². The summed E-state index contributed by atoms with van der Waals surface area (Å²) in [5, 5.41) is 17.6. The molecule has 4 aromatic rings. The van der Waals surface area contributed by atoms with Crippen molar-refractivity contribution >= 4 is 0 Å².